The van der Waals surface area contributed by atoms with Crippen molar-refractivity contribution in [2.45, 2.75) is 6.54 Å². The number of pyridine rings is 1. The highest BCUT2D eigenvalue weighted by atomic mass is 35.5. The molecule has 1 heterocycles. The van der Waals surface area contributed by atoms with Crippen molar-refractivity contribution in [3.05, 3.63) is 87.6 Å². The monoisotopic (exact) mass is 329 g/mol. The van der Waals surface area contributed by atoms with Gasteiger partial charge in [-0.05, 0) is 41.5 Å². The van der Waals surface area contributed by atoms with E-state index in [2.05, 4.69) is 0 Å². The van der Waals surface area contributed by atoms with Crippen LogP contribution in [0.5, 0.6) is 5.75 Å². The Balaban J connectivity index is 2.01. The van der Waals surface area contributed by atoms with Crippen molar-refractivity contribution in [3.8, 4) is 16.9 Å². The molecule has 2 aromatic carbocycles. The summed E-state index contributed by atoms with van der Waals surface area (Å²) in [7, 11) is 0. The van der Waals surface area contributed by atoms with E-state index in [1.807, 2.05) is 12.1 Å². The Morgan fingerprint density at radius 3 is 2.30 bits per heavy atom. The highest BCUT2D eigenvalue weighted by Gasteiger charge is 2.08. The van der Waals surface area contributed by atoms with Gasteiger partial charge < -0.3 is 9.67 Å². The minimum Gasteiger partial charge on any atom is -0.503 e. The highest BCUT2D eigenvalue weighted by molar-refractivity contribution is 6.30. The molecule has 0 atom stereocenters. The molecule has 0 aliphatic carbocycles. The third-order valence-electron chi connectivity index (χ3n) is 3.51. The maximum Gasteiger partial charge on any atom is 0.292 e. The van der Waals surface area contributed by atoms with Gasteiger partial charge in [-0.3, -0.25) is 4.79 Å². The number of aromatic nitrogens is 1. The van der Waals surface area contributed by atoms with Crippen molar-refractivity contribution >= 4 is 11.6 Å². The molecule has 3 aromatic rings. The van der Waals surface area contributed by atoms with E-state index in [-0.39, 0.29) is 11.6 Å². The second-order valence-electron chi connectivity index (χ2n) is 5.18. The molecular weight excluding hydrogens is 317 g/mol. The zero-order valence-corrected chi connectivity index (χ0v) is 12.8. The van der Waals surface area contributed by atoms with Gasteiger partial charge in [0.2, 0.25) is 0 Å². The molecule has 0 aliphatic rings. The summed E-state index contributed by atoms with van der Waals surface area (Å²) >= 11 is 5.85. The predicted octanol–water partition coefficient (Wildman–Crippen LogP) is 4.06. The van der Waals surface area contributed by atoms with E-state index in [0.29, 0.717) is 22.7 Å². The summed E-state index contributed by atoms with van der Waals surface area (Å²) < 4.78 is 14.4. The normalized spacial score (nSPS) is 10.7. The van der Waals surface area contributed by atoms with Crippen molar-refractivity contribution < 1.29 is 9.50 Å². The van der Waals surface area contributed by atoms with Gasteiger partial charge in [-0.15, -0.1) is 0 Å². The largest absolute Gasteiger partial charge is 0.503 e. The molecule has 0 bridgehead atoms. The van der Waals surface area contributed by atoms with E-state index in [4.69, 9.17) is 11.6 Å². The summed E-state index contributed by atoms with van der Waals surface area (Å²) in [5.74, 6) is -0.687. The Morgan fingerprint density at radius 1 is 1.00 bits per heavy atom. The van der Waals surface area contributed by atoms with Crippen molar-refractivity contribution in [1.82, 2.24) is 4.57 Å². The first-order valence-corrected chi connectivity index (χ1v) is 7.34. The fourth-order valence-electron chi connectivity index (χ4n) is 2.32. The van der Waals surface area contributed by atoms with E-state index in [9.17, 15) is 14.3 Å². The quantitative estimate of drug-likeness (QED) is 0.787. The van der Waals surface area contributed by atoms with Crippen molar-refractivity contribution in [2.75, 3.05) is 0 Å². The molecule has 0 fully saturated rings. The SMILES string of the molecule is O=c1c(O)cc(-c2ccc(F)cc2)cn1Cc1ccc(Cl)cc1. The van der Waals surface area contributed by atoms with Gasteiger partial charge >= 0.3 is 0 Å². The van der Waals surface area contributed by atoms with Crippen LogP contribution in [-0.4, -0.2) is 9.67 Å². The van der Waals surface area contributed by atoms with Gasteiger partial charge in [-0.2, -0.15) is 0 Å². The summed E-state index contributed by atoms with van der Waals surface area (Å²) in [6.07, 6.45) is 1.64. The number of rotatable bonds is 3. The van der Waals surface area contributed by atoms with Crippen molar-refractivity contribution in [1.29, 1.82) is 0 Å². The molecule has 23 heavy (non-hydrogen) atoms. The van der Waals surface area contributed by atoms with Crippen molar-refractivity contribution in [2.24, 2.45) is 0 Å². The Morgan fingerprint density at radius 2 is 1.65 bits per heavy atom. The van der Waals surface area contributed by atoms with Crippen LogP contribution in [0.4, 0.5) is 4.39 Å². The Bertz CT molecular complexity index is 886. The van der Waals surface area contributed by atoms with Gasteiger partial charge in [-0.25, -0.2) is 4.39 Å². The second-order valence-corrected chi connectivity index (χ2v) is 5.62. The van der Waals surface area contributed by atoms with Crippen LogP contribution in [0.1, 0.15) is 5.56 Å². The molecule has 0 unspecified atom stereocenters. The fraction of sp³-hybridized carbons (Fsp3) is 0.0556. The lowest BCUT2D eigenvalue weighted by Crippen LogP contribution is -2.19. The van der Waals surface area contributed by atoms with E-state index >= 15 is 0 Å². The molecule has 116 valence electrons. The van der Waals surface area contributed by atoms with Crippen molar-refractivity contribution in [3.63, 3.8) is 0 Å². The van der Waals surface area contributed by atoms with Gasteiger partial charge in [0.05, 0.1) is 6.54 Å². The summed E-state index contributed by atoms with van der Waals surface area (Å²) in [4.78, 5) is 12.1. The van der Waals surface area contributed by atoms with Crippen LogP contribution in [0.3, 0.4) is 0 Å². The zero-order valence-electron chi connectivity index (χ0n) is 12.0. The Labute approximate surface area is 137 Å². The van der Waals surface area contributed by atoms with Crippen LogP contribution in [0.2, 0.25) is 5.02 Å². The zero-order chi connectivity index (χ0) is 16.4. The highest BCUT2D eigenvalue weighted by Crippen LogP contribution is 2.22. The van der Waals surface area contributed by atoms with Crippen LogP contribution in [0.25, 0.3) is 11.1 Å². The molecule has 0 saturated carbocycles. The van der Waals surface area contributed by atoms with Crippen LogP contribution < -0.4 is 5.56 Å². The van der Waals surface area contributed by atoms with Gasteiger partial charge in [0.15, 0.2) is 5.75 Å². The Hall–Kier alpha value is -2.59. The number of halogens is 2. The van der Waals surface area contributed by atoms with Gasteiger partial charge in [-0.1, -0.05) is 35.9 Å². The van der Waals surface area contributed by atoms with E-state index in [0.717, 1.165) is 5.56 Å². The van der Waals surface area contributed by atoms with Crippen LogP contribution in [-0.2, 0) is 6.54 Å². The average molecular weight is 330 g/mol. The molecule has 0 spiro atoms. The molecule has 1 N–H and O–H groups in total. The average Bonchev–Trinajstić information content (AvgIpc) is 2.54. The maximum absolute atomic E-state index is 13.0. The molecule has 3 rings (SSSR count). The topological polar surface area (TPSA) is 42.2 Å². The minimum absolute atomic E-state index is 0.304. The number of benzene rings is 2. The fourth-order valence-corrected chi connectivity index (χ4v) is 2.45. The number of hydrogen-bond donors (Lipinski definition) is 1. The van der Waals surface area contributed by atoms with E-state index < -0.39 is 5.56 Å². The lowest BCUT2D eigenvalue weighted by atomic mass is 10.1. The number of hydrogen-bond acceptors (Lipinski definition) is 2. The van der Waals surface area contributed by atoms with Crippen LogP contribution in [0, 0.1) is 5.82 Å². The summed E-state index contributed by atoms with van der Waals surface area (Å²) in [6.45, 7) is 0.304. The number of aromatic hydroxyl groups is 1. The molecule has 0 radical (unpaired) electrons. The summed E-state index contributed by atoms with van der Waals surface area (Å²) in [6, 6.07) is 14.4. The van der Waals surface area contributed by atoms with Gasteiger partial charge in [0.1, 0.15) is 5.82 Å². The smallest absolute Gasteiger partial charge is 0.292 e. The van der Waals surface area contributed by atoms with E-state index in [1.165, 1.54) is 22.8 Å². The van der Waals surface area contributed by atoms with Gasteiger partial charge in [0, 0.05) is 16.8 Å². The van der Waals surface area contributed by atoms with Crippen LogP contribution >= 0.6 is 11.6 Å². The summed E-state index contributed by atoms with van der Waals surface area (Å²) in [5.41, 5.74) is 1.75. The first-order valence-electron chi connectivity index (χ1n) is 6.97. The van der Waals surface area contributed by atoms with E-state index in [1.54, 1.807) is 30.5 Å². The lowest BCUT2D eigenvalue weighted by Gasteiger charge is -2.10. The standard InChI is InChI=1S/C18H13ClFNO2/c19-15-5-1-12(2-6-15)10-21-11-14(9-17(22)18(21)23)13-3-7-16(20)8-4-13/h1-9,11,22H,10H2. The first kappa shape index (κ1) is 15.3. The molecule has 0 saturated heterocycles. The summed E-state index contributed by atoms with van der Waals surface area (Å²) in [5, 5.41) is 10.5. The van der Waals surface area contributed by atoms with Gasteiger partial charge in [0.25, 0.3) is 5.56 Å². The molecule has 5 heteroatoms. The third-order valence-corrected chi connectivity index (χ3v) is 3.76. The molecule has 0 aliphatic heterocycles. The molecular formula is C18H13ClFNO2. The first-order chi connectivity index (χ1) is 11.0. The lowest BCUT2D eigenvalue weighted by molar-refractivity contribution is 0.459. The minimum atomic E-state index is -0.481. The number of nitrogens with zero attached hydrogens (tertiary/aromatic N) is 1. The second kappa shape index (κ2) is 6.26. The molecule has 0 amide bonds. The predicted molar refractivity (Wildman–Crippen MR) is 88.3 cm³/mol. The van der Waals surface area contributed by atoms with Crippen LogP contribution in [0.15, 0.2) is 65.6 Å². The molecule has 1 aromatic heterocycles. The maximum atomic E-state index is 13.0. The molecule has 3 nitrogen and oxygen atoms in total. The Kier molecular flexibility index (Phi) is 4.17. The third kappa shape index (κ3) is 3.43.